The van der Waals surface area contributed by atoms with E-state index in [0.29, 0.717) is 18.2 Å². The van der Waals surface area contributed by atoms with Gasteiger partial charge >= 0.3 is 0 Å². The maximum atomic E-state index is 6.19. The van der Waals surface area contributed by atoms with Crippen LogP contribution < -0.4 is 5.32 Å². The zero-order chi connectivity index (χ0) is 13.2. The van der Waals surface area contributed by atoms with Crippen LogP contribution in [0.15, 0.2) is 0 Å². The summed E-state index contributed by atoms with van der Waals surface area (Å²) in [5.41, 5.74) is 0. The summed E-state index contributed by atoms with van der Waals surface area (Å²) in [7, 11) is 2.23. The van der Waals surface area contributed by atoms with Gasteiger partial charge in [-0.05, 0) is 39.7 Å². The summed E-state index contributed by atoms with van der Waals surface area (Å²) < 4.78 is 6.19. The molecule has 1 saturated carbocycles. The van der Waals surface area contributed by atoms with Crippen LogP contribution >= 0.6 is 0 Å². The van der Waals surface area contributed by atoms with Crippen LogP contribution in [0, 0.1) is 0 Å². The lowest BCUT2D eigenvalue weighted by molar-refractivity contribution is 0.00701. The summed E-state index contributed by atoms with van der Waals surface area (Å²) >= 11 is 0. The lowest BCUT2D eigenvalue weighted by Crippen LogP contribution is -2.51. The third-order valence-corrected chi connectivity index (χ3v) is 4.91. The van der Waals surface area contributed by atoms with Gasteiger partial charge in [0.2, 0.25) is 0 Å². The Morgan fingerprint density at radius 1 is 1.11 bits per heavy atom. The van der Waals surface area contributed by atoms with Crippen molar-refractivity contribution in [3.8, 4) is 0 Å². The predicted molar refractivity (Wildman–Crippen MR) is 77.5 cm³/mol. The first-order valence-corrected chi connectivity index (χ1v) is 8.02. The van der Waals surface area contributed by atoms with E-state index in [4.69, 9.17) is 4.74 Å². The molecule has 3 atom stereocenters. The van der Waals surface area contributed by atoms with Crippen molar-refractivity contribution in [2.24, 2.45) is 0 Å². The number of ether oxygens (including phenoxy) is 1. The highest BCUT2D eigenvalue weighted by Gasteiger charge is 2.30. The number of rotatable bonds is 5. The molecule has 0 amide bonds. The highest BCUT2D eigenvalue weighted by molar-refractivity contribution is 4.85. The Bertz CT molecular complexity index is 295. The molecule has 3 fully saturated rings. The standard InChI is InChI=1S/C15H29N3O/c1-12-10-18(8-7-17(12)2)11-15-6-5-14(19-15)9-16-13-3-4-13/h12-16H,3-11H2,1-2H3. The molecule has 4 heteroatoms. The summed E-state index contributed by atoms with van der Waals surface area (Å²) in [6.45, 7) is 8.12. The topological polar surface area (TPSA) is 27.7 Å². The van der Waals surface area contributed by atoms with Gasteiger partial charge in [0.1, 0.15) is 0 Å². The van der Waals surface area contributed by atoms with Crippen molar-refractivity contribution in [1.29, 1.82) is 0 Å². The molecule has 4 nitrogen and oxygen atoms in total. The Kier molecular flexibility index (Phi) is 4.42. The van der Waals surface area contributed by atoms with E-state index < -0.39 is 0 Å². The van der Waals surface area contributed by atoms with Gasteiger partial charge in [-0.1, -0.05) is 0 Å². The second-order valence-electron chi connectivity index (χ2n) is 6.73. The van der Waals surface area contributed by atoms with Crippen molar-refractivity contribution in [1.82, 2.24) is 15.1 Å². The lowest BCUT2D eigenvalue weighted by Gasteiger charge is -2.38. The van der Waals surface area contributed by atoms with E-state index in [9.17, 15) is 0 Å². The highest BCUT2D eigenvalue weighted by atomic mass is 16.5. The van der Waals surface area contributed by atoms with E-state index in [2.05, 4.69) is 29.1 Å². The van der Waals surface area contributed by atoms with Crippen LogP contribution in [0.5, 0.6) is 0 Å². The van der Waals surface area contributed by atoms with E-state index in [-0.39, 0.29) is 0 Å². The minimum Gasteiger partial charge on any atom is -0.372 e. The number of nitrogens with zero attached hydrogens (tertiary/aromatic N) is 2. The summed E-state index contributed by atoms with van der Waals surface area (Å²) in [5.74, 6) is 0. The molecule has 3 aliphatic rings. The largest absolute Gasteiger partial charge is 0.372 e. The normalized spacial score (nSPS) is 37.9. The maximum Gasteiger partial charge on any atom is 0.0707 e. The van der Waals surface area contributed by atoms with Crippen LogP contribution in [-0.4, -0.2) is 73.9 Å². The van der Waals surface area contributed by atoms with Crippen LogP contribution in [-0.2, 0) is 4.74 Å². The highest BCUT2D eigenvalue weighted by Crippen LogP contribution is 2.23. The second-order valence-corrected chi connectivity index (χ2v) is 6.73. The molecule has 2 saturated heterocycles. The molecule has 2 aliphatic heterocycles. The quantitative estimate of drug-likeness (QED) is 0.802. The molecule has 0 radical (unpaired) electrons. The minimum absolute atomic E-state index is 0.468. The van der Waals surface area contributed by atoms with Crippen LogP contribution in [0.3, 0.4) is 0 Å². The minimum atomic E-state index is 0.468. The smallest absolute Gasteiger partial charge is 0.0707 e. The van der Waals surface area contributed by atoms with Gasteiger partial charge in [-0.15, -0.1) is 0 Å². The van der Waals surface area contributed by atoms with Crippen LogP contribution in [0.25, 0.3) is 0 Å². The van der Waals surface area contributed by atoms with Crippen molar-refractivity contribution < 1.29 is 4.74 Å². The number of nitrogens with one attached hydrogen (secondary N) is 1. The van der Waals surface area contributed by atoms with E-state index in [1.54, 1.807) is 0 Å². The van der Waals surface area contributed by atoms with Crippen molar-refractivity contribution in [2.75, 3.05) is 39.8 Å². The van der Waals surface area contributed by atoms with Gasteiger partial charge in [-0.25, -0.2) is 0 Å². The molecule has 1 N–H and O–H groups in total. The molecule has 0 aromatic carbocycles. The first-order valence-electron chi connectivity index (χ1n) is 8.02. The first kappa shape index (κ1) is 13.8. The van der Waals surface area contributed by atoms with E-state index in [0.717, 1.165) is 19.1 Å². The van der Waals surface area contributed by atoms with Crippen molar-refractivity contribution in [3.63, 3.8) is 0 Å². The van der Waals surface area contributed by atoms with Gasteiger partial charge < -0.3 is 15.0 Å². The van der Waals surface area contributed by atoms with Crippen LogP contribution in [0.4, 0.5) is 0 Å². The van der Waals surface area contributed by atoms with E-state index in [1.165, 1.54) is 45.3 Å². The molecule has 19 heavy (non-hydrogen) atoms. The van der Waals surface area contributed by atoms with Crippen molar-refractivity contribution in [3.05, 3.63) is 0 Å². The molecular formula is C15H29N3O. The Labute approximate surface area is 117 Å². The van der Waals surface area contributed by atoms with E-state index >= 15 is 0 Å². The molecule has 0 aromatic heterocycles. The fourth-order valence-electron chi connectivity index (χ4n) is 3.23. The Morgan fingerprint density at radius 3 is 2.63 bits per heavy atom. The lowest BCUT2D eigenvalue weighted by atomic mass is 10.1. The van der Waals surface area contributed by atoms with Gasteiger partial charge in [0.25, 0.3) is 0 Å². The Morgan fingerprint density at radius 2 is 1.89 bits per heavy atom. The van der Waals surface area contributed by atoms with Crippen molar-refractivity contribution >= 4 is 0 Å². The number of hydrogen-bond donors (Lipinski definition) is 1. The number of piperazine rings is 1. The number of hydrogen-bond acceptors (Lipinski definition) is 4. The fourth-order valence-corrected chi connectivity index (χ4v) is 3.23. The summed E-state index contributed by atoms with van der Waals surface area (Å²) in [6.07, 6.45) is 6.17. The molecular weight excluding hydrogens is 238 g/mol. The van der Waals surface area contributed by atoms with Crippen LogP contribution in [0.2, 0.25) is 0 Å². The zero-order valence-electron chi connectivity index (χ0n) is 12.5. The number of likely N-dealkylation sites (N-methyl/N-ethyl adjacent to an activating group) is 1. The Balaban J connectivity index is 1.36. The van der Waals surface area contributed by atoms with Crippen LogP contribution in [0.1, 0.15) is 32.6 Å². The molecule has 3 rings (SSSR count). The fraction of sp³-hybridized carbons (Fsp3) is 1.00. The molecule has 110 valence electrons. The Hall–Kier alpha value is -0.160. The van der Waals surface area contributed by atoms with Gasteiger partial charge in [-0.2, -0.15) is 0 Å². The summed E-state index contributed by atoms with van der Waals surface area (Å²) in [6, 6.07) is 1.49. The third-order valence-electron chi connectivity index (χ3n) is 4.91. The summed E-state index contributed by atoms with van der Waals surface area (Å²) in [5, 5.41) is 3.59. The average molecular weight is 267 g/mol. The average Bonchev–Trinajstić information content (AvgIpc) is 3.12. The molecule has 0 spiro atoms. The predicted octanol–water partition coefficient (Wildman–Crippen LogP) is 0.922. The molecule has 0 aromatic rings. The molecule has 3 unspecified atom stereocenters. The monoisotopic (exact) mass is 267 g/mol. The van der Waals surface area contributed by atoms with Gasteiger partial charge in [0.05, 0.1) is 12.2 Å². The third kappa shape index (κ3) is 3.91. The first-order chi connectivity index (χ1) is 9.20. The zero-order valence-corrected chi connectivity index (χ0v) is 12.5. The van der Waals surface area contributed by atoms with Crippen molar-refractivity contribution in [2.45, 2.75) is 56.9 Å². The molecule has 0 bridgehead atoms. The van der Waals surface area contributed by atoms with Gasteiger partial charge in [-0.3, -0.25) is 4.90 Å². The second kappa shape index (κ2) is 6.08. The van der Waals surface area contributed by atoms with E-state index in [1.807, 2.05) is 0 Å². The maximum absolute atomic E-state index is 6.19. The van der Waals surface area contributed by atoms with Gasteiger partial charge in [0.15, 0.2) is 0 Å². The van der Waals surface area contributed by atoms with Gasteiger partial charge in [0, 0.05) is 44.8 Å². The molecule has 2 heterocycles. The SMILES string of the molecule is CC1CN(CC2CCC(CNC3CC3)O2)CCN1C. The molecule has 1 aliphatic carbocycles. The summed E-state index contributed by atoms with van der Waals surface area (Å²) in [4.78, 5) is 5.04.